The van der Waals surface area contributed by atoms with Gasteiger partial charge in [-0.3, -0.25) is 29.4 Å². The molecule has 0 aromatic heterocycles. The number of fused-ring (bicyclic) bond motifs is 2. The molecule has 2 amide bonds. The van der Waals surface area contributed by atoms with Crippen LogP contribution in [0.2, 0.25) is 0 Å². The van der Waals surface area contributed by atoms with Crippen LogP contribution < -0.4 is 4.90 Å². The van der Waals surface area contributed by atoms with Crippen molar-refractivity contribution in [3.05, 3.63) is 68.2 Å². The van der Waals surface area contributed by atoms with Crippen LogP contribution in [0.4, 0.5) is 11.4 Å². The number of hydrogen-bond acceptors (Lipinski definition) is 8. The summed E-state index contributed by atoms with van der Waals surface area (Å²) in [4.78, 5) is 50.3. The van der Waals surface area contributed by atoms with Crippen LogP contribution in [0.5, 0.6) is 0 Å². The zero-order chi connectivity index (χ0) is 23.9. The van der Waals surface area contributed by atoms with E-state index < -0.39 is 35.0 Å². The molecule has 2 aromatic rings. The molecule has 2 aromatic carbocycles. The van der Waals surface area contributed by atoms with Gasteiger partial charge < -0.3 is 9.47 Å². The molecule has 0 radical (unpaired) electrons. The average molecular weight is 517 g/mol. The number of rotatable bonds is 5. The van der Waals surface area contributed by atoms with Crippen LogP contribution in [0.25, 0.3) is 0 Å². The van der Waals surface area contributed by atoms with Gasteiger partial charge in [-0.25, -0.2) is 0 Å². The molecule has 0 bridgehead atoms. The van der Waals surface area contributed by atoms with E-state index in [9.17, 15) is 24.5 Å². The smallest absolute Gasteiger partial charge is 0.326 e. The Morgan fingerprint density at radius 3 is 2.70 bits per heavy atom. The Morgan fingerprint density at radius 1 is 1.27 bits per heavy atom. The van der Waals surface area contributed by atoms with Crippen molar-refractivity contribution < 1.29 is 28.8 Å². The predicted molar refractivity (Wildman–Crippen MR) is 118 cm³/mol. The zero-order valence-electron chi connectivity index (χ0n) is 17.5. The summed E-state index contributed by atoms with van der Waals surface area (Å²) in [5.74, 6) is -2.11. The number of carbonyl (C=O) groups is 3. The summed E-state index contributed by atoms with van der Waals surface area (Å²) >= 11 is 3.36. The second kappa shape index (κ2) is 8.28. The molecule has 11 nitrogen and oxygen atoms in total. The molecule has 0 saturated carbocycles. The van der Waals surface area contributed by atoms with E-state index in [1.165, 1.54) is 36.1 Å². The number of carbonyl (C=O) groups excluding carboxylic acids is 3. The first-order valence-electron chi connectivity index (χ1n) is 9.80. The van der Waals surface area contributed by atoms with Crippen molar-refractivity contribution in [3.8, 4) is 0 Å². The Morgan fingerprint density at radius 2 is 2.03 bits per heavy atom. The lowest BCUT2D eigenvalue weighted by Gasteiger charge is -2.29. The average Bonchev–Trinajstić information content (AvgIpc) is 3.28. The quantitative estimate of drug-likeness (QED) is 0.339. The fourth-order valence-electron chi connectivity index (χ4n) is 3.74. The van der Waals surface area contributed by atoms with Crippen LogP contribution in [-0.4, -0.2) is 46.8 Å². The van der Waals surface area contributed by atoms with Gasteiger partial charge in [0.2, 0.25) is 11.8 Å². The third-order valence-corrected chi connectivity index (χ3v) is 5.57. The lowest BCUT2D eigenvalue weighted by Crippen LogP contribution is -2.52. The Hall–Kier alpha value is -3.80. The maximum atomic E-state index is 13.7. The highest BCUT2D eigenvalue weighted by Gasteiger charge is 2.63. The summed E-state index contributed by atoms with van der Waals surface area (Å²) in [5.41, 5.74) is -1.39. The molecule has 12 heteroatoms. The zero-order valence-corrected chi connectivity index (χ0v) is 19.1. The van der Waals surface area contributed by atoms with Crippen LogP contribution >= 0.6 is 15.9 Å². The second-order valence-electron chi connectivity index (χ2n) is 7.15. The van der Waals surface area contributed by atoms with Gasteiger partial charge in [0.1, 0.15) is 6.54 Å². The standard InChI is InChI=1S/C21H17BrN4O7/c1-3-32-18(28)11-24-17-8-7-14(22)10-16(17)21(20(24)29)25(12(2)27)23-19(33-21)13-5-4-6-15(9-13)26(30)31/h4-10H,3,11H2,1-2H3/t21-/m1/s1. The van der Waals surface area contributed by atoms with Crippen molar-refractivity contribution in [1.82, 2.24) is 5.01 Å². The Labute approximate surface area is 195 Å². The molecule has 0 fully saturated rings. The maximum Gasteiger partial charge on any atom is 0.326 e. The first kappa shape index (κ1) is 22.4. The first-order chi connectivity index (χ1) is 15.7. The Bertz CT molecular complexity index is 1230. The number of ether oxygens (including phenoxy) is 2. The lowest BCUT2D eigenvalue weighted by molar-refractivity contribution is -0.384. The maximum absolute atomic E-state index is 13.7. The number of hydrazone groups is 1. The molecular formula is C21H17BrN4O7. The minimum absolute atomic E-state index is 0.134. The van der Waals surface area contributed by atoms with Crippen molar-refractivity contribution in [3.63, 3.8) is 0 Å². The summed E-state index contributed by atoms with van der Waals surface area (Å²) in [6.07, 6.45) is 0. The number of amides is 2. The normalized spacial score (nSPS) is 18.8. The fraction of sp³-hybridized carbons (Fsp3) is 0.238. The predicted octanol–water partition coefficient (Wildman–Crippen LogP) is 2.66. The number of nitrogens with zero attached hydrogens (tertiary/aromatic N) is 4. The molecular weight excluding hydrogens is 500 g/mol. The largest absolute Gasteiger partial charge is 0.465 e. The Balaban J connectivity index is 1.84. The Kier molecular flexibility index (Phi) is 5.62. The lowest BCUT2D eigenvalue weighted by atomic mass is 10.0. The van der Waals surface area contributed by atoms with E-state index >= 15 is 0 Å². The van der Waals surface area contributed by atoms with E-state index in [1.54, 1.807) is 25.1 Å². The monoisotopic (exact) mass is 516 g/mol. The van der Waals surface area contributed by atoms with E-state index in [0.29, 0.717) is 10.2 Å². The topological polar surface area (TPSA) is 132 Å². The molecule has 170 valence electrons. The van der Waals surface area contributed by atoms with E-state index in [0.717, 1.165) is 5.01 Å². The van der Waals surface area contributed by atoms with Crippen molar-refractivity contribution in [1.29, 1.82) is 0 Å². The van der Waals surface area contributed by atoms with Gasteiger partial charge in [-0.15, -0.1) is 5.10 Å². The number of halogens is 1. The van der Waals surface area contributed by atoms with Crippen LogP contribution in [-0.2, 0) is 29.6 Å². The van der Waals surface area contributed by atoms with E-state index in [2.05, 4.69) is 21.0 Å². The highest BCUT2D eigenvalue weighted by atomic mass is 79.9. The SMILES string of the molecule is CCOC(=O)CN1C(=O)[C@]2(OC(c3cccc([N+](=O)[O-])c3)=NN2C(C)=O)c2cc(Br)ccc21. The molecule has 0 aliphatic carbocycles. The number of non-ortho nitro benzene ring substituents is 1. The number of nitro groups is 1. The van der Waals surface area contributed by atoms with Gasteiger partial charge >= 0.3 is 17.6 Å². The molecule has 1 atom stereocenters. The van der Waals surface area contributed by atoms with Crippen LogP contribution in [0.3, 0.4) is 0 Å². The van der Waals surface area contributed by atoms with Crippen LogP contribution in [0, 0.1) is 10.1 Å². The molecule has 0 unspecified atom stereocenters. The third-order valence-electron chi connectivity index (χ3n) is 5.08. The second-order valence-corrected chi connectivity index (χ2v) is 8.06. The summed E-state index contributed by atoms with van der Waals surface area (Å²) in [5, 5.41) is 16.3. The van der Waals surface area contributed by atoms with Gasteiger partial charge in [0.25, 0.3) is 5.69 Å². The van der Waals surface area contributed by atoms with Crippen molar-refractivity contribution in [2.45, 2.75) is 19.6 Å². The number of nitro benzene ring substituents is 1. The van der Waals surface area contributed by atoms with Gasteiger partial charge in [-0.05, 0) is 31.2 Å². The first-order valence-corrected chi connectivity index (χ1v) is 10.6. The van der Waals surface area contributed by atoms with Gasteiger partial charge in [0.15, 0.2) is 0 Å². The van der Waals surface area contributed by atoms with Gasteiger partial charge in [-0.2, -0.15) is 5.01 Å². The van der Waals surface area contributed by atoms with Crippen LogP contribution in [0.15, 0.2) is 52.0 Å². The van der Waals surface area contributed by atoms with E-state index in [1.807, 2.05) is 0 Å². The third kappa shape index (κ3) is 3.61. The molecule has 0 N–H and O–H groups in total. The highest BCUT2D eigenvalue weighted by molar-refractivity contribution is 9.10. The van der Waals surface area contributed by atoms with E-state index in [-0.39, 0.29) is 29.3 Å². The van der Waals surface area contributed by atoms with Crippen molar-refractivity contribution in [2.75, 3.05) is 18.1 Å². The molecule has 0 saturated heterocycles. The highest BCUT2D eigenvalue weighted by Crippen LogP contribution is 2.49. The molecule has 2 heterocycles. The summed E-state index contributed by atoms with van der Waals surface area (Å²) in [7, 11) is 0. The van der Waals surface area contributed by atoms with Crippen LogP contribution in [0.1, 0.15) is 25.0 Å². The summed E-state index contributed by atoms with van der Waals surface area (Å²) in [6, 6.07) is 10.4. The minimum atomic E-state index is -2.02. The van der Waals surface area contributed by atoms with Gasteiger partial charge in [0, 0.05) is 29.1 Å². The fourth-order valence-corrected chi connectivity index (χ4v) is 4.11. The van der Waals surface area contributed by atoms with Crippen molar-refractivity contribution in [2.24, 2.45) is 5.10 Å². The van der Waals surface area contributed by atoms with Gasteiger partial charge in [0.05, 0.1) is 22.8 Å². The summed E-state index contributed by atoms with van der Waals surface area (Å²) < 4.78 is 11.6. The molecule has 33 heavy (non-hydrogen) atoms. The minimum Gasteiger partial charge on any atom is -0.465 e. The number of anilines is 1. The van der Waals surface area contributed by atoms with Crippen molar-refractivity contribution >= 4 is 51.0 Å². The molecule has 2 aliphatic rings. The summed E-state index contributed by atoms with van der Waals surface area (Å²) in [6.45, 7) is 2.59. The van der Waals surface area contributed by atoms with Gasteiger partial charge in [-0.1, -0.05) is 22.0 Å². The number of esters is 1. The molecule has 4 rings (SSSR count). The molecule has 2 aliphatic heterocycles. The van der Waals surface area contributed by atoms with E-state index in [4.69, 9.17) is 9.47 Å². The number of hydrogen-bond donors (Lipinski definition) is 0. The molecule has 1 spiro atoms. The number of benzene rings is 2.